The zero-order valence-corrected chi connectivity index (χ0v) is 6.21. The molecule has 0 aliphatic rings. The van der Waals surface area contributed by atoms with Crippen LogP contribution in [0.4, 0.5) is 0 Å². The fourth-order valence-corrected chi connectivity index (χ4v) is 0.639. The van der Waals surface area contributed by atoms with E-state index in [0.29, 0.717) is 5.76 Å². The monoisotopic (exact) mass is 165 g/mol. The highest BCUT2D eigenvalue weighted by Gasteiger charge is 1.92. The molecule has 0 radical (unpaired) electrons. The van der Waals surface area contributed by atoms with Gasteiger partial charge < -0.3 is 10.2 Å². The summed E-state index contributed by atoms with van der Waals surface area (Å²) >= 11 is 0. The first kappa shape index (κ1) is 8.16. The molecule has 0 aliphatic carbocycles. The molecule has 0 saturated heterocycles. The van der Waals surface area contributed by atoms with Gasteiger partial charge in [0.2, 0.25) is 0 Å². The average molecular weight is 165 g/mol. The van der Waals surface area contributed by atoms with Gasteiger partial charge in [0.05, 0.1) is 12.8 Å². The van der Waals surface area contributed by atoms with Gasteiger partial charge in [-0.3, -0.25) is 4.99 Å². The van der Waals surface area contributed by atoms with Crippen molar-refractivity contribution in [1.29, 1.82) is 0 Å². The second-order valence-corrected chi connectivity index (χ2v) is 1.94. The maximum atomic E-state index is 7.97. The summed E-state index contributed by atoms with van der Waals surface area (Å²) in [5.41, 5.74) is 13.2. The molecule has 62 valence electrons. The first-order valence-electron chi connectivity index (χ1n) is 3.20. The van der Waals surface area contributed by atoms with Gasteiger partial charge in [-0.25, -0.2) is 0 Å². The Balaban J connectivity index is 2.54. The lowest BCUT2D eigenvalue weighted by Gasteiger charge is -1.89. The fraction of sp³-hybridized carbons (Fsp3) is 0.167. The first-order chi connectivity index (χ1) is 5.83. The molecule has 0 atom stereocenters. The molecule has 1 rings (SSSR count). The molecule has 1 aromatic rings. The maximum Gasteiger partial charge on any atom is 0.183 e. The summed E-state index contributed by atoms with van der Waals surface area (Å²) in [6.45, 7) is 0.290. The van der Waals surface area contributed by atoms with Crippen molar-refractivity contribution in [1.82, 2.24) is 0 Å². The number of furan rings is 1. The summed E-state index contributed by atoms with van der Waals surface area (Å²) in [7, 11) is 0. The molecule has 6 heteroatoms. The van der Waals surface area contributed by atoms with Gasteiger partial charge in [-0.2, -0.15) is 0 Å². The normalized spacial score (nSPS) is 10.8. The van der Waals surface area contributed by atoms with Gasteiger partial charge in [-0.15, -0.1) is 0 Å². The number of nitrogens with zero attached hydrogens (tertiary/aromatic N) is 4. The first-order valence-corrected chi connectivity index (χ1v) is 3.20. The third-order valence-electron chi connectivity index (χ3n) is 1.12. The van der Waals surface area contributed by atoms with E-state index in [-0.39, 0.29) is 12.5 Å². The number of azide groups is 1. The van der Waals surface area contributed by atoms with Crippen molar-refractivity contribution in [2.75, 3.05) is 0 Å². The zero-order valence-electron chi connectivity index (χ0n) is 6.21. The Morgan fingerprint density at radius 1 is 1.75 bits per heavy atom. The van der Waals surface area contributed by atoms with Crippen LogP contribution in [0, 0.1) is 0 Å². The van der Waals surface area contributed by atoms with Crippen LogP contribution in [0.25, 0.3) is 10.4 Å². The van der Waals surface area contributed by atoms with Gasteiger partial charge in [0, 0.05) is 4.91 Å². The summed E-state index contributed by atoms with van der Waals surface area (Å²) in [5, 5.41) is 3.09. The second kappa shape index (κ2) is 4.05. The number of hydrogen-bond donors (Lipinski definition) is 1. The lowest BCUT2D eigenvalue weighted by Crippen LogP contribution is -2.06. The molecular formula is C6H7N5O. The highest BCUT2D eigenvalue weighted by molar-refractivity contribution is 5.78. The van der Waals surface area contributed by atoms with Gasteiger partial charge in [0.1, 0.15) is 5.76 Å². The summed E-state index contributed by atoms with van der Waals surface area (Å²) in [5.74, 6) is 0.583. The average Bonchev–Trinajstić information content (AvgIpc) is 2.53. The van der Waals surface area contributed by atoms with Gasteiger partial charge in [-0.1, -0.05) is 0 Å². The smallest absolute Gasteiger partial charge is 0.183 e. The van der Waals surface area contributed by atoms with Crippen LogP contribution < -0.4 is 5.73 Å². The fourth-order valence-electron chi connectivity index (χ4n) is 0.639. The van der Waals surface area contributed by atoms with Crippen molar-refractivity contribution >= 4 is 5.96 Å². The van der Waals surface area contributed by atoms with Gasteiger partial charge in [-0.05, 0) is 22.8 Å². The molecule has 0 fully saturated rings. The molecule has 0 aromatic carbocycles. The highest BCUT2D eigenvalue weighted by atomic mass is 16.3. The van der Waals surface area contributed by atoms with E-state index in [9.17, 15) is 0 Å². The van der Waals surface area contributed by atoms with E-state index in [1.165, 1.54) is 6.26 Å². The molecule has 1 heterocycles. The van der Waals surface area contributed by atoms with Crippen LogP contribution >= 0.6 is 0 Å². The van der Waals surface area contributed by atoms with E-state index >= 15 is 0 Å². The minimum absolute atomic E-state index is 0.0890. The largest absolute Gasteiger partial charge is 0.467 e. The van der Waals surface area contributed by atoms with Crippen LogP contribution in [0.1, 0.15) is 5.76 Å². The Labute approximate surface area is 68.3 Å². The lowest BCUT2D eigenvalue weighted by atomic mass is 10.5. The number of guanidine groups is 1. The Kier molecular flexibility index (Phi) is 2.75. The molecular weight excluding hydrogens is 158 g/mol. The lowest BCUT2D eigenvalue weighted by molar-refractivity contribution is 0.512. The van der Waals surface area contributed by atoms with E-state index in [1.54, 1.807) is 12.1 Å². The Morgan fingerprint density at radius 3 is 3.17 bits per heavy atom. The predicted molar refractivity (Wildman–Crippen MR) is 43.2 cm³/mol. The van der Waals surface area contributed by atoms with Crippen LogP contribution in [0.5, 0.6) is 0 Å². The van der Waals surface area contributed by atoms with Gasteiger partial charge >= 0.3 is 0 Å². The SMILES string of the molecule is [N-]=[N+]=NC(N)=NCc1ccco1. The second-order valence-electron chi connectivity index (χ2n) is 1.94. The topological polar surface area (TPSA) is 100 Å². The van der Waals surface area contributed by atoms with Crippen LogP contribution in [0.2, 0.25) is 0 Å². The molecule has 0 bridgehead atoms. The Hall–Kier alpha value is -1.94. The molecule has 0 spiro atoms. The van der Waals surface area contributed by atoms with Crippen LogP contribution in [-0.4, -0.2) is 5.96 Å². The predicted octanol–water partition coefficient (Wildman–Crippen LogP) is 1.40. The van der Waals surface area contributed by atoms with Crippen LogP contribution in [0.15, 0.2) is 32.9 Å². The van der Waals surface area contributed by atoms with Crippen LogP contribution in [-0.2, 0) is 6.54 Å². The molecule has 0 saturated carbocycles. The van der Waals surface area contributed by atoms with E-state index in [4.69, 9.17) is 15.7 Å². The van der Waals surface area contributed by atoms with E-state index in [1.807, 2.05) is 0 Å². The van der Waals surface area contributed by atoms with E-state index in [2.05, 4.69) is 15.0 Å². The third-order valence-corrected chi connectivity index (χ3v) is 1.12. The quantitative estimate of drug-likeness (QED) is 0.235. The zero-order chi connectivity index (χ0) is 8.81. The molecule has 2 N–H and O–H groups in total. The summed E-state index contributed by atoms with van der Waals surface area (Å²) < 4.78 is 4.96. The summed E-state index contributed by atoms with van der Waals surface area (Å²) in [6.07, 6.45) is 1.54. The minimum atomic E-state index is -0.0890. The van der Waals surface area contributed by atoms with Gasteiger partial charge in [0.15, 0.2) is 5.96 Å². The number of aliphatic imine (C=N–C) groups is 1. The van der Waals surface area contributed by atoms with E-state index < -0.39 is 0 Å². The number of rotatable bonds is 2. The standard InChI is InChI=1S/C6H7N5O/c7-6(10-11-8)9-4-5-2-1-3-12-5/h1-3H,4H2,(H2,7,9). The van der Waals surface area contributed by atoms with E-state index in [0.717, 1.165) is 0 Å². The Morgan fingerprint density at radius 2 is 2.58 bits per heavy atom. The third kappa shape index (κ3) is 2.36. The van der Waals surface area contributed by atoms with Crippen molar-refractivity contribution in [3.8, 4) is 0 Å². The van der Waals surface area contributed by atoms with Crippen LogP contribution in [0.3, 0.4) is 0 Å². The van der Waals surface area contributed by atoms with Crippen molar-refractivity contribution in [2.45, 2.75) is 6.54 Å². The summed E-state index contributed by atoms with van der Waals surface area (Å²) in [4.78, 5) is 6.21. The maximum absolute atomic E-state index is 7.97. The Bertz CT molecular complexity index is 309. The number of hydrogen-bond acceptors (Lipinski definition) is 2. The molecule has 12 heavy (non-hydrogen) atoms. The number of nitrogens with two attached hydrogens (primary N) is 1. The van der Waals surface area contributed by atoms with Crippen molar-refractivity contribution in [3.05, 3.63) is 34.6 Å². The molecule has 0 unspecified atom stereocenters. The van der Waals surface area contributed by atoms with Crippen molar-refractivity contribution in [3.63, 3.8) is 0 Å². The molecule has 6 nitrogen and oxygen atoms in total. The molecule has 0 aliphatic heterocycles. The minimum Gasteiger partial charge on any atom is -0.467 e. The molecule has 0 amide bonds. The molecule has 1 aromatic heterocycles. The van der Waals surface area contributed by atoms with Crippen molar-refractivity contribution < 1.29 is 4.42 Å². The highest BCUT2D eigenvalue weighted by Crippen LogP contribution is 2.00. The van der Waals surface area contributed by atoms with Gasteiger partial charge in [0.25, 0.3) is 0 Å². The van der Waals surface area contributed by atoms with Crippen molar-refractivity contribution in [2.24, 2.45) is 15.8 Å². The summed E-state index contributed by atoms with van der Waals surface area (Å²) in [6, 6.07) is 3.50.